The number of nitrogens with zero attached hydrogens (tertiary/aromatic N) is 5. The summed E-state index contributed by atoms with van der Waals surface area (Å²) < 4.78 is 8.29. The Balaban J connectivity index is 1.45. The summed E-state index contributed by atoms with van der Waals surface area (Å²) in [5.41, 5.74) is 2.56. The molecule has 11 nitrogen and oxygen atoms in total. The zero-order valence-corrected chi connectivity index (χ0v) is 25.3. The van der Waals surface area contributed by atoms with E-state index in [2.05, 4.69) is 63.2 Å². The minimum Gasteiger partial charge on any atom is -0.465 e. The SMILES string of the molecule is CC1CCC(Cn2c(N3CCOC[C@H]3Cc3ccccc3)nc3nc(C(=N)NC(=O)O)nc(N[C@H](C)C4CCC4)c32)CC1. The number of amides is 1. The van der Waals surface area contributed by atoms with Crippen LogP contribution >= 0.6 is 0 Å². The van der Waals surface area contributed by atoms with E-state index in [0.717, 1.165) is 30.3 Å². The number of rotatable bonds is 9. The molecular formula is C32H44N8O3. The fourth-order valence-corrected chi connectivity index (χ4v) is 6.81. The highest BCUT2D eigenvalue weighted by molar-refractivity contribution is 6.03. The standard InChI is InChI=1S/C32H44N8O3/c1-20-11-13-23(14-12-20)18-40-26-28(34-21(2)24-9-6-10-24)36-30(27(33)35-32(41)42)37-29(26)38-31(40)39-15-16-43-19-25(39)17-22-7-4-3-5-8-22/h3-5,7-8,20-21,23-25H,6,9-19H2,1-2H3,(H2,33,35)(H,41,42)(H,34,36,37)/t20?,21-,23?,25-/m1/s1. The van der Waals surface area contributed by atoms with Gasteiger partial charge in [-0.3, -0.25) is 10.7 Å². The lowest BCUT2D eigenvalue weighted by atomic mass is 9.80. The summed E-state index contributed by atoms with van der Waals surface area (Å²) >= 11 is 0. The molecule has 6 rings (SSSR count). The average Bonchev–Trinajstić information content (AvgIpc) is 3.32. The van der Waals surface area contributed by atoms with Gasteiger partial charge in [0.2, 0.25) is 5.95 Å². The molecule has 3 aromatic rings. The van der Waals surface area contributed by atoms with Crippen molar-refractivity contribution in [2.75, 3.05) is 30.0 Å². The summed E-state index contributed by atoms with van der Waals surface area (Å²) in [4.78, 5) is 28.3. The first-order valence-corrected chi connectivity index (χ1v) is 15.9. The van der Waals surface area contributed by atoms with Crippen molar-refractivity contribution in [2.45, 2.75) is 83.8 Å². The van der Waals surface area contributed by atoms with Crippen molar-refractivity contribution in [3.63, 3.8) is 0 Å². The summed E-state index contributed by atoms with van der Waals surface area (Å²) in [6.45, 7) is 7.26. The number of hydrogen-bond acceptors (Lipinski definition) is 8. The van der Waals surface area contributed by atoms with E-state index >= 15 is 0 Å². The van der Waals surface area contributed by atoms with Crippen molar-refractivity contribution in [3.8, 4) is 0 Å². The summed E-state index contributed by atoms with van der Waals surface area (Å²) in [7, 11) is 0. The van der Waals surface area contributed by atoms with Gasteiger partial charge in [0, 0.05) is 19.1 Å². The largest absolute Gasteiger partial charge is 0.465 e. The Labute approximate surface area is 253 Å². The molecule has 2 atom stereocenters. The topological polar surface area (TPSA) is 141 Å². The number of carbonyl (C=O) groups is 1. The van der Waals surface area contributed by atoms with Crippen LogP contribution in [0.3, 0.4) is 0 Å². The summed E-state index contributed by atoms with van der Waals surface area (Å²) in [5, 5.41) is 23.5. The molecule has 2 saturated carbocycles. The molecule has 1 amide bonds. The molecule has 1 aromatic carbocycles. The maximum Gasteiger partial charge on any atom is 0.410 e. The highest BCUT2D eigenvalue weighted by Crippen LogP contribution is 2.36. The van der Waals surface area contributed by atoms with E-state index in [-0.39, 0.29) is 23.7 Å². The molecule has 0 bridgehead atoms. The highest BCUT2D eigenvalue weighted by atomic mass is 16.5. The molecule has 1 saturated heterocycles. The van der Waals surface area contributed by atoms with Crippen molar-refractivity contribution in [2.24, 2.45) is 17.8 Å². The number of carboxylic acid groups (broad SMARTS) is 1. The van der Waals surface area contributed by atoms with Crippen LogP contribution in [0.4, 0.5) is 16.6 Å². The molecule has 11 heteroatoms. The highest BCUT2D eigenvalue weighted by Gasteiger charge is 2.32. The van der Waals surface area contributed by atoms with Crippen LogP contribution in [0.15, 0.2) is 30.3 Å². The predicted molar refractivity (Wildman–Crippen MR) is 167 cm³/mol. The van der Waals surface area contributed by atoms with E-state index in [1.807, 2.05) is 6.07 Å². The number of nitrogens with one attached hydrogen (secondary N) is 3. The maximum atomic E-state index is 11.4. The van der Waals surface area contributed by atoms with Gasteiger partial charge in [-0.25, -0.2) is 14.8 Å². The summed E-state index contributed by atoms with van der Waals surface area (Å²) in [6.07, 6.45) is 7.88. The third-order valence-electron chi connectivity index (χ3n) is 9.63. The number of anilines is 2. The van der Waals surface area contributed by atoms with Crippen molar-refractivity contribution >= 4 is 34.9 Å². The fraction of sp³-hybridized carbons (Fsp3) is 0.594. The van der Waals surface area contributed by atoms with Crippen molar-refractivity contribution in [3.05, 3.63) is 41.7 Å². The van der Waals surface area contributed by atoms with E-state index in [9.17, 15) is 9.90 Å². The zero-order chi connectivity index (χ0) is 29.9. The number of fused-ring (bicyclic) bond motifs is 1. The molecule has 2 aliphatic carbocycles. The van der Waals surface area contributed by atoms with Crippen LogP contribution in [-0.2, 0) is 17.7 Å². The molecule has 0 unspecified atom stereocenters. The Morgan fingerprint density at radius 1 is 1.12 bits per heavy atom. The summed E-state index contributed by atoms with van der Waals surface area (Å²) in [6, 6.07) is 10.8. The molecule has 43 heavy (non-hydrogen) atoms. The maximum absolute atomic E-state index is 11.4. The van der Waals surface area contributed by atoms with Gasteiger partial charge in [-0.15, -0.1) is 0 Å². The van der Waals surface area contributed by atoms with Crippen LogP contribution in [0, 0.1) is 23.2 Å². The Hall–Kier alpha value is -3.73. The molecule has 0 spiro atoms. The smallest absolute Gasteiger partial charge is 0.410 e. The first-order valence-electron chi connectivity index (χ1n) is 15.9. The number of benzene rings is 1. The lowest BCUT2D eigenvalue weighted by Gasteiger charge is -2.37. The average molecular weight is 589 g/mol. The minimum absolute atomic E-state index is 0.0173. The normalized spacial score (nSPS) is 23.5. The van der Waals surface area contributed by atoms with E-state index in [1.165, 1.54) is 50.5 Å². The second-order valence-corrected chi connectivity index (χ2v) is 12.8. The van der Waals surface area contributed by atoms with E-state index < -0.39 is 6.09 Å². The van der Waals surface area contributed by atoms with Gasteiger partial charge in [-0.05, 0) is 62.3 Å². The predicted octanol–water partition coefficient (Wildman–Crippen LogP) is 5.29. The molecule has 2 aromatic heterocycles. The van der Waals surface area contributed by atoms with E-state index in [0.29, 0.717) is 43.1 Å². The fourth-order valence-electron chi connectivity index (χ4n) is 6.81. The molecule has 230 valence electrons. The first-order chi connectivity index (χ1) is 20.9. The molecule has 3 heterocycles. The van der Waals surface area contributed by atoms with Gasteiger partial charge < -0.3 is 24.6 Å². The first kappa shape index (κ1) is 29.3. The Morgan fingerprint density at radius 2 is 1.88 bits per heavy atom. The zero-order valence-electron chi connectivity index (χ0n) is 25.3. The Bertz CT molecular complexity index is 1430. The lowest BCUT2D eigenvalue weighted by molar-refractivity contribution is 0.0927. The Kier molecular flexibility index (Phi) is 8.78. The molecule has 0 radical (unpaired) electrons. The van der Waals surface area contributed by atoms with Crippen LogP contribution in [0.1, 0.15) is 70.2 Å². The Morgan fingerprint density at radius 3 is 2.58 bits per heavy atom. The molecule has 3 fully saturated rings. The number of aromatic nitrogens is 4. The number of ether oxygens (including phenoxy) is 1. The van der Waals surface area contributed by atoms with Gasteiger partial charge >= 0.3 is 6.09 Å². The van der Waals surface area contributed by atoms with E-state index in [4.69, 9.17) is 20.1 Å². The van der Waals surface area contributed by atoms with Crippen LogP contribution in [0.25, 0.3) is 11.2 Å². The van der Waals surface area contributed by atoms with Gasteiger partial charge in [0.15, 0.2) is 23.1 Å². The van der Waals surface area contributed by atoms with E-state index in [1.54, 1.807) is 0 Å². The number of amidine groups is 1. The number of morpholine rings is 1. The second-order valence-electron chi connectivity index (χ2n) is 12.8. The van der Waals surface area contributed by atoms with Crippen molar-refractivity contribution in [1.82, 2.24) is 24.8 Å². The van der Waals surface area contributed by atoms with Gasteiger partial charge in [0.1, 0.15) is 5.52 Å². The van der Waals surface area contributed by atoms with Crippen LogP contribution < -0.4 is 15.5 Å². The molecule has 4 N–H and O–H groups in total. The molecular weight excluding hydrogens is 544 g/mol. The third kappa shape index (κ3) is 6.61. The van der Waals surface area contributed by atoms with Gasteiger partial charge in [0.05, 0.1) is 19.3 Å². The van der Waals surface area contributed by atoms with Gasteiger partial charge in [0.25, 0.3) is 0 Å². The number of hydrogen-bond donors (Lipinski definition) is 4. The quantitative estimate of drug-likeness (QED) is 0.195. The molecule has 1 aliphatic heterocycles. The van der Waals surface area contributed by atoms with Crippen molar-refractivity contribution < 1.29 is 14.6 Å². The van der Waals surface area contributed by atoms with Crippen LogP contribution in [-0.4, -0.2) is 68.4 Å². The molecule has 3 aliphatic rings. The third-order valence-corrected chi connectivity index (χ3v) is 9.63. The van der Waals surface area contributed by atoms with Crippen molar-refractivity contribution in [1.29, 1.82) is 5.41 Å². The van der Waals surface area contributed by atoms with Gasteiger partial charge in [-0.2, -0.15) is 4.98 Å². The monoisotopic (exact) mass is 588 g/mol. The van der Waals surface area contributed by atoms with Gasteiger partial charge in [-0.1, -0.05) is 56.5 Å². The minimum atomic E-state index is -1.32. The lowest BCUT2D eigenvalue weighted by Crippen LogP contribution is -2.48. The van der Waals surface area contributed by atoms with Crippen LogP contribution in [0.5, 0.6) is 0 Å². The van der Waals surface area contributed by atoms with Crippen LogP contribution in [0.2, 0.25) is 0 Å². The second kappa shape index (κ2) is 12.9. The number of imidazole rings is 1. The summed E-state index contributed by atoms with van der Waals surface area (Å²) in [5.74, 6) is 2.94.